The molecule has 0 saturated carbocycles. The van der Waals surface area contributed by atoms with Crippen LogP contribution in [-0.2, 0) is 6.42 Å². The van der Waals surface area contributed by atoms with Gasteiger partial charge in [0.2, 0.25) is 0 Å². The molecule has 2 N–H and O–H groups in total. The van der Waals surface area contributed by atoms with Gasteiger partial charge in [0.15, 0.2) is 0 Å². The van der Waals surface area contributed by atoms with Gasteiger partial charge in [0, 0.05) is 6.04 Å². The molecule has 2 amide bonds. The molecule has 156 valence electrons. The molecule has 1 atom stereocenters. The monoisotopic (exact) mass is 444 g/mol. The van der Waals surface area contributed by atoms with Crippen molar-refractivity contribution < 1.29 is 14.0 Å². The number of anilines is 1. The highest BCUT2D eigenvalue weighted by Crippen LogP contribution is 2.28. The second kappa shape index (κ2) is 9.87. The molecule has 0 aliphatic carbocycles. The summed E-state index contributed by atoms with van der Waals surface area (Å²) < 4.78 is 13.2. The van der Waals surface area contributed by atoms with E-state index in [1.54, 1.807) is 6.07 Å². The first-order chi connectivity index (χ1) is 14.3. The van der Waals surface area contributed by atoms with Crippen molar-refractivity contribution in [3.05, 3.63) is 87.0 Å². The summed E-state index contributed by atoms with van der Waals surface area (Å²) in [6, 6.07) is 15.5. The lowest BCUT2D eigenvalue weighted by Crippen LogP contribution is -2.32. The number of halogens is 2. The predicted molar refractivity (Wildman–Crippen MR) is 120 cm³/mol. The van der Waals surface area contributed by atoms with E-state index in [2.05, 4.69) is 22.8 Å². The average molecular weight is 445 g/mol. The number of benzene rings is 2. The van der Waals surface area contributed by atoms with Gasteiger partial charge in [-0.1, -0.05) is 41.9 Å². The predicted octanol–water partition coefficient (Wildman–Crippen LogP) is 5.85. The summed E-state index contributed by atoms with van der Waals surface area (Å²) in [7, 11) is 0. The Morgan fingerprint density at radius 3 is 2.53 bits per heavy atom. The minimum Gasteiger partial charge on any atom is -0.349 e. The van der Waals surface area contributed by atoms with Crippen molar-refractivity contribution in [3.8, 4) is 0 Å². The Bertz CT molecular complexity index is 1050. The molecule has 0 saturated heterocycles. The molecule has 1 aromatic heterocycles. The lowest BCUT2D eigenvalue weighted by Gasteiger charge is -2.13. The molecule has 0 radical (unpaired) electrons. The summed E-state index contributed by atoms with van der Waals surface area (Å²) in [5.74, 6) is -1.13. The molecule has 3 aromatic rings. The number of rotatable bonds is 7. The number of hydrogen-bond acceptors (Lipinski definition) is 3. The highest BCUT2D eigenvalue weighted by molar-refractivity contribution is 7.18. The van der Waals surface area contributed by atoms with Crippen LogP contribution in [0, 0.1) is 12.7 Å². The van der Waals surface area contributed by atoms with Crippen molar-refractivity contribution in [2.75, 3.05) is 5.32 Å². The molecule has 1 heterocycles. The van der Waals surface area contributed by atoms with Gasteiger partial charge < -0.3 is 10.6 Å². The van der Waals surface area contributed by atoms with E-state index in [0.29, 0.717) is 9.88 Å². The van der Waals surface area contributed by atoms with E-state index in [1.165, 1.54) is 29.0 Å². The van der Waals surface area contributed by atoms with Crippen LogP contribution in [0.2, 0.25) is 5.02 Å². The molecule has 7 heteroatoms. The number of aryl methyl sites for hydroxylation is 2. The molecular weight excluding hydrogens is 423 g/mol. The van der Waals surface area contributed by atoms with E-state index in [1.807, 2.05) is 32.0 Å². The molecule has 2 aromatic carbocycles. The van der Waals surface area contributed by atoms with E-state index in [4.69, 9.17) is 11.6 Å². The highest BCUT2D eigenvalue weighted by Gasteiger charge is 2.18. The number of thiophene rings is 1. The second-order valence-electron chi connectivity index (χ2n) is 7.10. The first-order valence-corrected chi connectivity index (χ1v) is 10.7. The van der Waals surface area contributed by atoms with Gasteiger partial charge in [-0.3, -0.25) is 9.59 Å². The van der Waals surface area contributed by atoms with E-state index in [0.717, 1.165) is 24.5 Å². The van der Waals surface area contributed by atoms with Crippen molar-refractivity contribution in [3.63, 3.8) is 0 Å². The maximum Gasteiger partial charge on any atom is 0.261 e. The Hall–Kier alpha value is -2.70. The molecule has 0 spiro atoms. The Morgan fingerprint density at radius 1 is 1.10 bits per heavy atom. The average Bonchev–Trinajstić information content (AvgIpc) is 3.07. The molecule has 0 fully saturated rings. The standard InChI is InChI=1S/C23H22ClFN2O2S/c1-14-12-20(27-22(28)18-11-10-17(25)13-19(18)24)30-21(14)23(29)26-15(2)8-9-16-6-4-3-5-7-16/h3-7,10-13,15H,8-9H2,1-2H3,(H,26,29)(H,27,28). The summed E-state index contributed by atoms with van der Waals surface area (Å²) in [5.41, 5.74) is 2.17. The molecule has 4 nitrogen and oxygen atoms in total. The lowest BCUT2D eigenvalue weighted by atomic mass is 10.1. The minimum atomic E-state index is -0.510. The fourth-order valence-corrected chi connectivity index (χ4v) is 4.24. The summed E-state index contributed by atoms with van der Waals surface area (Å²) >= 11 is 7.14. The SMILES string of the molecule is Cc1cc(NC(=O)c2ccc(F)cc2Cl)sc1C(=O)NC(C)CCc1ccccc1. The summed E-state index contributed by atoms with van der Waals surface area (Å²) in [4.78, 5) is 25.6. The molecule has 0 aliphatic rings. The fourth-order valence-electron chi connectivity index (χ4n) is 3.01. The van der Waals surface area contributed by atoms with Crippen molar-refractivity contribution in [2.24, 2.45) is 0 Å². The van der Waals surface area contributed by atoms with Gasteiger partial charge in [0.25, 0.3) is 11.8 Å². The third-order valence-electron chi connectivity index (χ3n) is 4.62. The molecule has 3 rings (SSSR count). The van der Waals surface area contributed by atoms with Gasteiger partial charge in [-0.25, -0.2) is 4.39 Å². The summed E-state index contributed by atoms with van der Waals surface area (Å²) in [6.45, 7) is 3.80. The number of hydrogen-bond donors (Lipinski definition) is 2. The molecule has 0 bridgehead atoms. The Kier molecular flexibility index (Phi) is 7.24. The quantitative estimate of drug-likeness (QED) is 0.480. The van der Waals surface area contributed by atoms with Crippen molar-refractivity contribution in [1.82, 2.24) is 5.32 Å². The smallest absolute Gasteiger partial charge is 0.261 e. The van der Waals surface area contributed by atoms with E-state index in [-0.39, 0.29) is 22.5 Å². The third kappa shape index (κ3) is 5.68. The van der Waals surface area contributed by atoms with E-state index < -0.39 is 11.7 Å². The maximum atomic E-state index is 13.2. The largest absolute Gasteiger partial charge is 0.349 e. The van der Waals surface area contributed by atoms with Crippen LogP contribution in [0.1, 0.15) is 44.5 Å². The van der Waals surface area contributed by atoms with Crippen LogP contribution >= 0.6 is 22.9 Å². The molecule has 30 heavy (non-hydrogen) atoms. The third-order valence-corrected chi connectivity index (χ3v) is 6.09. The van der Waals surface area contributed by atoms with Crippen LogP contribution in [0.3, 0.4) is 0 Å². The summed E-state index contributed by atoms with van der Waals surface area (Å²) in [6.07, 6.45) is 1.71. The van der Waals surface area contributed by atoms with E-state index >= 15 is 0 Å². The van der Waals surface area contributed by atoms with Crippen LogP contribution in [0.5, 0.6) is 0 Å². The van der Waals surface area contributed by atoms with Crippen LogP contribution in [0.4, 0.5) is 9.39 Å². The van der Waals surface area contributed by atoms with Crippen molar-refractivity contribution in [2.45, 2.75) is 32.7 Å². The first-order valence-electron chi connectivity index (χ1n) is 9.55. The van der Waals surface area contributed by atoms with Gasteiger partial charge in [0.1, 0.15) is 5.82 Å². The normalized spacial score (nSPS) is 11.7. The lowest BCUT2D eigenvalue weighted by molar-refractivity contribution is 0.0941. The topological polar surface area (TPSA) is 58.2 Å². The zero-order chi connectivity index (χ0) is 21.7. The molecule has 0 aliphatic heterocycles. The van der Waals surface area contributed by atoms with E-state index in [9.17, 15) is 14.0 Å². The number of carbonyl (C=O) groups excluding carboxylic acids is 2. The van der Waals surface area contributed by atoms with Crippen LogP contribution in [-0.4, -0.2) is 17.9 Å². The van der Waals surface area contributed by atoms with Crippen LogP contribution in [0.15, 0.2) is 54.6 Å². The maximum absolute atomic E-state index is 13.2. The number of carbonyl (C=O) groups is 2. The molecule has 1 unspecified atom stereocenters. The van der Waals surface area contributed by atoms with Gasteiger partial charge >= 0.3 is 0 Å². The Labute approximate surface area is 184 Å². The zero-order valence-electron chi connectivity index (χ0n) is 16.7. The van der Waals surface area contributed by atoms with Gasteiger partial charge in [-0.05, 0) is 62.1 Å². The highest BCUT2D eigenvalue weighted by atomic mass is 35.5. The van der Waals surface area contributed by atoms with Crippen molar-refractivity contribution >= 4 is 39.8 Å². The van der Waals surface area contributed by atoms with Gasteiger partial charge in [-0.2, -0.15) is 0 Å². The van der Waals surface area contributed by atoms with Gasteiger partial charge in [-0.15, -0.1) is 11.3 Å². The summed E-state index contributed by atoms with van der Waals surface area (Å²) in [5, 5.41) is 6.31. The Balaban J connectivity index is 1.60. The Morgan fingerprint density at radius 2 is 1.83 bits per heavy atom. The first kappa shape index (κ1) is 22.0. The second-order valence-corrected chi connectivity index (χ2v) is 8.56. The molecular formula is C23H22ClFN2O2S. The van der Waals surface area contributed by atoms with Crippen LogP contribution < -0.4 is 10.6 Å². The van der Waals surface area contributed by atoms with Gasteiger partial charge in [0.05, 0.1) is 20.5 Å². The minimum absolute atomic E-state index is 0.00951. The fraction of sp³-hybridized carbons (Fsp3) is 0.217. The number of amides is 2. The zero-order valence-corrected chi connectivity index (χ0v) is 18.2. The number of nitrogens with one attached hydrogen (secondary N) is 2. The van der Waals surface area contributed by atoms with Crippen molar-refractivity contribution in [1.29, 1.82) is 0 Å². The van der Waals surface area contributed by atoms with Crippen LogP contribution in [0.25, 0.3) is 0 Å².